The molecule has 0 unspecified atom stereocenters. The normalized spacial score (nSPS) is 9.65. The number of amides is 2. The number of aromatic amines is 1. The summed E-state index contributed by atoms with van der Waals surface area (Å²) in [7, 11) is 1.22. The van der Waals surface area contributed by atoms with Crippen LogP contribution in [0.2, 0.25) is 0 Å². The molecular weight excluding hydrogens is 324 g/mol. The topological polar surface area (TPSA) is 107 Å². The Morgan fingerprint density at radius 2 is 2.09 bits per heavy atom. The van der Waals surface area contributed by atoms with E-state index in [1.807, 2.05) is 6.92 Å². The number of halogens is 1. The SMILES string of the molecule is COC(=O)Nc1ccc(NC(=O)C[n+]2cc[nH]c2C)cc1O.[Cl-]. The molecule has 0 radical (unpaired) electrons. The first-order valence-electron chi connectivity index (χ1n) is 6.51. The number of imidazole rings is 1. The van der Waals surface area contributed by atoms with Crippen molar-refractivity contribution in [3.8, 4) is 5.75 Å². The maximum absolute atomic E-state index is 11.9. The fraction of sp³-hybridized carbons (Fsp3) is 0.214. The van der Waals surface area contributed by atoms with Crippen LogP contribution in [0.5, 0.6) is 5.75 Å². The Morgan fingerprint density at radius 3 is 2.65 bits per heavy atom. The second-order valence-electron chi connectivity index (χ2n) is 4.57. The molecule has 0 atom stereocenters. The fourth-order valence-electron chi connectivity index (χ4n) is 1.85. The molecule has 8 nitrogen and oxygen atoms in total. The van der Waals surface area contributed by atoms with Crippen molar-refractivity contribution in [2.75, 3.05) is 17.7 Å². The lowest BCUT2D eigenvalue weighted by molar-refractivity contribution is -0.688. The maximum atomic E-state index is 11.9. The lowest BCUT2D eigenvalue weighted by atomic mass is 10.2. The molecule has 0 fully saturated rings. The van der Waals surface area contributed by atoms with Gasteiger partial charge in [-0.05, 0) is 12.1 Å². The lowest BCUT2D eigenvalue weighted by Crippen LogP contribution is -3.00. The number of hydrogen-bond donors (Lipinski definition) is 4. The summed E-state index contributed by atoms with van der Waals surface area (Å²) in [5.74, 6) is 0.449. The minimum atomic E-state index is -0.689. The summed E-state index contributed by atoms with van der Waals surface area (Å²) in [6.45, 7) is 2.00. The van der Waals surface area contributed by atoms with Crippen LogP contribution in [0.4, 0.5) is 16.2 Å². The molecule has 1 heterocycles. The average Bonchev–Trinajstić information content (AvgIpc) is 2.87. The van der Waals surface area contributed by atoms with Crippen molar-refractivity contribution in [1.82, 2.24) is 4.98 Å². The van der Waals surface area contributed by atoms with E-state index in [9.17, 15) is 14.7 Å². The van der Waals surface area contributed by atoms with Gasteiger partial charge < -0.3 is 27.6 Å². The number of nitrogens with one attached hydrogen (secondary N) is 3. The Kier molecular flexibility index (Phi) is 6.40. The summed E-state index contributed by atoms with van der Waals surface area (Å²) in [6.07, 6.45) is 2.81. The molecule has 4 N–H and O–H groups in total. The van der Waals surface area contributed by atoms with Crippen LogP contribution in [0.1, 0.15) is 5.82 Å². The Bertz CT molecular complexity index is 702. The van der Waals surface area contributed by atoms with Crippen LogP contribution in [0, 0.1) is 6.92 Å². The monoisotopic (exact) mass is 340 g/mol. The molecule has 0 aliphatic carbocycles. The number of aromatic nitrogens is 2. The Hall–Kier alpha value is -2.74. The molecule has 0 spiro atoms. The number of H-pyrrole nitrogens is 1. The van der Waals surface area contributed by atoms with Crippen molar-refractivity contribution >= 4 is 23.4 Å². The van der Waals surface area contributed by atoms with Crippen LogP contribution in [-0.4, -0.2) is 29.2 Å². The molecule has 0 aliphatic heterocycles. The molecule has 9 heteroatoms. The Labute approximate surface area is 138 Å². The number of aromatic hydroxyl groups is 1. The third-order valence-electron chi connectivity index (χ3n) is 3.00. The van der Waals surface area contributed by atoms with Gasteiger partial charge in [0.25, 0.3) is 11.7 Å². The first kappa shape index (κ1) is 18.3. The molecule has 1 aromatic heterocycles. The van der Waals surface area contributed by atoms with Gasteiger partial charge in [-0.15, -0.1) is 0 Å². The summed E-state index contributed by atoms with van der Waals surface area (Å²) >= 11 is 0. The van der Waals surface area contributed by atoms with Gasteiger partial charge in [0.1, 0.15) is 18.1 Å². The number of methoxy groups -OCH3 is 1. The number of phenols is 1. The van der Waals surface area contributed by atoms with Crippen molar-refractivity contribution in [3.63, 3.8) is 0 Å². The third kappa shape index (κ3) is 4.89. The van der Waals surface area contributed by atoms with Gasteiger partial charge in [0.15, 0.2) is 6.54 Å². The van der Waals surface area contributed by atoms with Gasteiger partial charge >= 0.3 is 6.09 Å². The van der Waals surface area contributed by atoms with Gasteiger partial charge in [-0.2, -0.15) is 0 Å². The van der Waals surface area contributed by atoms with E-state index >= 15 is 0 Å². The van der Waals surface area contributed by atoms with Crippen LogP contribution in [0.3, 0.4) is 0 Å². The molecule has 2 aromatic rings. The number of nitrogens with zero attached hydrogens (tertiary/aromatic N) is 1. The molecule has 0 saturated heterocycles. The van der Waals surface area contributed by atoms with E-state index in [0.717, 1.165) is 5.82 Å². The highest BCUT2D eigenvalue weighted by atomic mass is 35.5. The number of carbonyl (C=O) groups excluding carboxylic acids is 2. The number of rotatable bonds is 4. The van der Waals surface area contributed by atoms with Gasteiger partial charge in [0, 0.05) is 18.7 Å². The number of aryl methyl sites for hydroxylation is 1. The highest BCUT2D eigenvalue weighted by Gasteiger charge is 2.12. The van der Waals surface area contributed by atoms with Gasteiger partial charge in [-0.25, -0.2) is 14.3 Å². The molecule has 23 heavy (non-hydrogen) atoms. The zero-order valence-corrected chi connectivity index (χ0v) is 13.3. The van der Waals surface area contributed by atoms with Gasteiger partial charge in [-0.3, -0.25) is 10.1 Å². The highest BCUT2D eigenvalue weighted by Crippen LogP contribution is 2.26. The van der Waals surface area contributed by atoms with Gasteiger partial charge in [0.05, 0.1) is 12.8 Å². The minimum absolute atomic E-state index is 0. The van der Waals surface area contributed by atoms with Crippen LogP contribution in [-0.2, 0) is 16.1 Å². The standard InChI is InChI=1S/C14H16N4O4.ClH/c1-9-15-5-6-18(9)8-13(20)16-10-3-4-11(12(19)7-10)17-14(21)22-2;/h3-7H,8H2,1-2H3,(H3,16,17,19,20,21);1H. The van der Waals surface area contributed by atoms with E-state index < -0.39 is 6.09 Å². The molecule has 0 saturated carbocycles. The zero-order valence-electron chi connectivity index (χ0n) is 12.6. The second kappa shape index (κ2) is 8.04. The zero-order chi connectivity index (χ0) is 16.1. The van der Waals surface area contributed by atoms with E-state index in [1.165, 1.54) is 19.2 Å². The minimum Gasteiger partial charge on any atom is -1.00 e. The van der Waals surface area contributed by atoms with Crippen LogP contribution in [0.15, 0.2) is 30.6 Å². The summed E-state index contributed by atoms with van der Waals surface area (Å²) in [4.78, 5) is 26.0. The molecule has 2 rings (SSSR count). The van der Waals surface area contributed by atoms with E-state index in [-0.39, 0.29) is 36.3 Å². The van der Waals surface area contributed by atoms with Crippen LogP contribution in [0.25, 0.3) is 0 Å². The molecule has 124 valence electrons. The summed E-state index contributed by atoms with van der Waals surface area (Å²) < 4.78 is 6.19. The fourth-order valence-corrected chi connectivity index (χ4v) is 1.85. The van der Waals surface area contributed by atoms with Gasteiger partial charge in [-0.1, -0.05) is 0 Å². The largest absolute Gasteiger partial charge is 1.00 e. The van der Waals surface area contributed by atoms with Crippen molar-refractivity contribution in [1.29, 1.82) is 0 Å². The molecule has 2 amide bonds. The quantitative estimate of drug-likeness (QED) is 0.386. The van der Waals surface area contributed by atoms with E-state index in [2.05, 4.69) is 20.4 Å². The Morgan fingerprint density at radius 1 is 1.35 bits per heavy atom. The van der Waals surface area contributed by atoms with E-state index in [0.29, 0.717) is 5.69 Å². The number of hydrogen-bond acceptors (Lipinski definition) is 4. The first-order chi connectivity index (χ1) is 10.5. The average molecular weight is 341 g/mol. The number of benzene rings is 1. The van der Waals surface area contributed by atoms with Crippen LogP contribution < -0.4 is 27.6 Å². The van der Waals surface area contributed by atoms with Gasteiger partial charge in [0.2, 0.25) is 0 Å². The molecule has 0 aliphatic rings. The molecule has 0 bridgehead atoms. The van der Waals surface area contributed by atoms with E-state index in [1.54, 1.807) is 23.0 Å². The number of carbonyl (C=O) groups is 2. The van der Waals surface area contributed by atoms with Crippen molar-refractivity contribution in [2.45, 2.75) is 13.5 Å². The number of anilines is 2. The maximum Gasteiger partial charge on any atom is 0.411 e. The number of phenolic OH excluding ortho intramolecular Hbond substituents is 1. The molecular formula is C14H17ClN4O4. The van der Waals surface area contributed by atoms with Crippen molar-refractivity contribution in [3.05, 3.63) is 36.4 Å². The summed E-state index contributed by atoms with van der Waals surface area (Å²) in [6, 6.07) is 4.38. The summed E-state index contributed by atoms with van der Waals surface area (Å²) in [5, 5.41) is 14.8. The summed E-state index contributed by atoms with van der Waals surface area (Å²) in [5.41, 5.74) is 0.618. The second-order valence-corrected chi connectivity index (χ2v) is 4.57. The van der Waals surface area contributed by atoms with E-state index in [4.69, 9.17) is 0 Å². The lowest BCUT2D eigenvalue weighted by Gasteiger charge is -2.09. The third-order valence-corrected chi connectivity index (χ3v) is 3.00. The number of ether oxygens (including phenoxy) is 1. The Balaban J connectivity index is 0.00000264. The van der Waals surface area contributed by atoms with Crippen LogP contribution >= 0.6 is 0 Å². The van der Waals surface area contributed by atoms with Crippen molar-refractivity contribution < 1.29 is 36.4 Å². The predicted molar refractivity (Wildman–Crippen MR) is 78.5 cm³/mol. The van der Waals surface area contributed by atoms with Crippen molar-refractivity contribution in [2.24, 2.45) is 0 Å². The highest BCUT2D eigenvalue weighted by molar-refractivity contribution is 5.91. The first-order valence-corrected chi connectivity index (χ1v) is 6.51. The predicted octanol–water partition coefficient (Wildman–Crippen LogP) is -1.86. The molecule has 1 aromatic carbocycles. The smallest absolute Gasteiger partial charge is 0.411 e.